The second-order valence-corrected chi connectivity index (χ2v) is 6.65. The van der Waals surface area contributed by atoms with Crippen LogP contribution < -0.4 is 4.72 Å². The largest absolute Gasteiger partial charge is 0.278 e. The van der Waals surface area contributed by atoms with Crippen LogP contribution in [0.5, 0.6) is 0 Å². The molecule has 2 aromatic rings. The number of nitrogens with one attached hydrogen (secondary N) is 2. The second kappa shape index (κ2) is 5.08. The lowest BCUT2D eigenvalue weighted by Crippen LogP contribution is -2.14. The molecule has 2 rings (SSSR count). The number of hydrogen-bond donors (Lipinski definition) is 2. The minimum absolute atomic E-state index is 0.0717. The van der Waals surface area contributed by atoms with Gasteiger partial charge in [0.05, 0.1) is 21.9 Å². The predicted molar refractivity (Wildman–Crippen MR) is 73.6 cm³/mol. The zero-order valence-corrected chi connectivity index (χ0v) is 12.5. The highest BCUT2D eigenvalue weighted by Gasteiger charge is 2.19. The average molecular weight is 371 g/mol. The van der Waals surface area contributed by atoms with Gasteiger partial charge in [-0.15, -0.1) is 0 Å². The summed E-state index contributed by atoms with van der Waals surface area (Å²) in [7, 11) is -3.78. The molecule has 0 aliphatic carbocycles. The fourth-order valence-corrected chi connectivity index (χ4v) is 3.65. The van der Waals surface area contributed by atoms with E-state index in [2.05, 4.69) is 30.8 Å². The van der Waals surface area contributed by atoms with E-state index in [0.29, 0.717) is 4.47 Å². The van der Waals surface area contributed by atoms with E-state index in [1.54, 1.807) is 0 Å². The zero-order chi connectivity index (χ0) is 13.3. The topological polar surface area (TPSA) is 74.8 Å². The molecule has 96 valence electrons. The number of sulfonamides is 1. The summed E-state index contributed by atoms with van der Waals surface area (Å²) in [5.74, 6) is 0. The molecule has 0 spiro atoms. The van der Waals surface area contributed by atoms with Gasteiger partial charge in [0.15, 0.2) is 5.03 Å². The molecule has 0 aliphatic rings. The number of nitrogens with zero attached hydrogens (tertiary/aromatic N) is 1. The summed E-state index contributed by atoms with van der Waals surface area (Å²) in [5, 5.41) is 6.24. The number of halogens is 3. The first-order chi connectivity index (χ1) is 8.40. The molecule has 0 amide bonds. The Morgan fingerprint density at radius 2 is 1.89 bits per heavy atom. The van der Waals surface area contributed by atoms with E-state index in [-0.39, 0.29) is 20.8 Å². The van der Waals surface area contributed by atoms with E-state index in [9.17, 15) is 8.42 Å². The van der Waals surface area contributed by atoms with Crippen LogP contribution in [-0.4, -0.2) is 18.6 Å². The van der Waals surface area contributed by atoms with Crippen LogP contribution in [0.2, 0.25) is 10.0 Å². The van der Waals surface area contributed by atoms with Gasteiger partial charge in [-0.05, 0) is 18.2 Å². The van der Waals surface area contributed by atoms with Crippen molar-refractivity contribution in [2.45, 2.75) is 5.03 Å². The molecule has 0 fully saturated rings. The van der Waals surface area contributed by atoms with Gasteiger partial charge in [0, 0.05) is 4.47 Å². The first-order valence-electron chi connectivity index (χ1n) is 4.57. The maximum Gasteiger partial charge on any atom is 0.278 e. The second-order valence-electron chi connectivity index (χ2n) is 3.27. The van der Waals surface area contributed by atoms with Crippen LogP contribution >= 0.6 is 39.1 Å². The Balaban J connectivity index is 2.42. The van der Waals surface area contributed by atoms with Gasteiger partial charge in [-0.2, -0.15) is 13.5 Å². The number of anilines is 1. The third kappa shape index (κ3) is 2.80. The smallest absolute Gasteiger partial charge is 0.275 e. The molecule has 9 heteroatoms. The minimum Gasteiger partial charge on any atom is -0.275 e. The molecule has 0 saturated heterocycles. The monoisotopic (exact) mass is 369 g/mol. The van der Waals surface area contributed by atoms with Crippen LogP contribution in [0.3, 0.4) is 0 Å². The van der Waals surface area contributed by atoms with Gasteiger partial charge in [-0.3, -0.25) is 9.82 Å². The number of benzene rings is 1. The van der Waals surface area contributed by atoms with Gasteiger partial charge >= 0.3 is 0 Å². The van der Waals surface area contributed by atoms with Crippen molar-refractivity contribution in [1.29, 1.82) is 0 Å². The lowest BCUT2D eigenvalue weighted by molar-refractivity contribution is 0.597. The summed E-state index contributed by atoms with van der Waals surface area (Å²) in [6.07, 6.45) is 1.33. The molecule has 5 nitrogen and oxygen atoms in total. The normalized spacial score (nSPS) is 11.5. The first-order valence-corrected chi connectivity index (χ1v) is 7.60. The van der Waals surface area contributed by atoms with Crippen molar-refractivity contribution < 1.29 is 8.42 Å². The van der Waals surface area contributed by atoms with Gasteiger partial charge in [-0.25, -0.2) is 0 Å². The van der Waals surface area contributed by atoms with Crippen LogP contribution in [0, 0.1) is 0 Å². The van der Waals surface area contributed by atoms with Crippen LogP contribution in [-0.2, 0) is 10.0 Å². The summed E-state index contributed by atoms with van der Waals surface area (Å²) in [6.45, 7) is 0. The number of aromatic nitrogens is 2. The van der Waals surface area contributed by atoms with Gasteiger partial charge in [0.25, 0.3) is 10.0 Å². The Labute approximate surface area is 122 Å². The molecular formula is C9H6BrCl2N3O2S. The van der Waals surface area contributed by atoms with E-state index < -0.39 is 10.0 Å². The lowest BCUT2D eigenvalue weighted by atomic mass is 10.3. The summed E-state index contributed by atoms with van der Waals surface area (Å²) in [5.41, 5.74) is 0.121. The van der Waals surface area contributed by atoms with Crippen molar-refractivity contribution in [3.8, 4) is 0 Å². The van der Waals surface area contributed by atoms with E-state index in [1.807, 2.05) is 0 Å². The molecule has 18 heavy (non-hydrogen) atoms. The molecule has 1 aromatic heterocycles. The molecule has 0 saturated carbocycles. The van der Waals surface area contributed by atoms with E-state index in [1.165, 1.54) is 24.4 Å². The molecule has 1 heterocycles. The number of hydrogen-bond acceptors (Lipinski definition) is 3. The molecule has 0 aliphatic heterocycles. The lowest BCUT2D eigenvalue weighted by Gasteiger charge is -2.10. The molecule has 1 aromatic carbocycles. The summed E-state index contributed by atoms with van der Waals surface area (Å²) >= 11 is 15.1. The van der Waals surface area contributed by atoms with Crippen molar-refractivity contribution in [3.63, 3.8) is 0 Å². The molecule has 0 radical (unpaired) electrons. The van der Waals surface area contributed by atoms with Gasteiger partial charge < -0.3 is 0 Å². The zero-order valence-electron chi connectivity index (χ0n) is 8.62. The average Bonchev–Trinajstić information content (AvgIpc) is 2.77. The quantitative estimate of drug-likeness (QED) is 0.870. The van der Waals surface area contributed by atoms with Crippen molar-refractivity contribution in [2.75, 3.05) is 4.72 Å². The van der Waals surface area contributed by atoms with Gasteiger partial charge in [0.2, 0.25) is 0 Å². The number of rotatable bonds is 3. The third-order valence-electron chi connectivity index (χ3n) is 2.01. The van der Waals surface area contributed by atoms with Gasteiger partial charge in [-0.1, -0.05) is 39.1 Å². The van der Waals surface area contributed by atoms with Crippen LogP contribution in [0.15, 0.2) is 33.9 Å². The molecule has 0 unspecified atom stereocenters. The van der Waals surface area contributed by atoms with Crippen LogP contribution in [0.25, 0.3) is 0 Å². The Morgan fingerprint density at radius 3 is 2.39 bits per heavy atom. The van der Waals surface area contributed by atoms with Crippen molar-refractivity contribution >= 4 is 54.8 Å². The standard InChI is InChI=1S/C9H6BrCl2N3O2S/c10-5-3-6(11)9(7(12)4-5)15-18(16,17)8-1-2-13-14-8/h1-4,15H,(H,13,14). The SMILES string of the molecule is O=S(=O)(Nc1c(Cl)cc(Br)cc1Cl)c1ccn[nH]1. The summed E-state index contributed by atoms with van der Waals surface area (Å²) < 4.78 is 26.8. The minimum atomic E-state index is -3.78. The van der Waals surface area contributed by atoms with Gasteiger partial charge in [0.1, 0.15) is 0 Å². The highest BCUT2D eigenvalue weighted by molar-refractivity contribution is 9.10. The summed E-state index contributed by atoms with van der Waals surface area (Å²) in [6, 6.07) is 4.40. The van der Waals surface area contributed by atoms with E-state index in [4.69, 9.17) is 23.2 Å². The van der Waals surface area contributed by atoms with Crippen molar-refractivity contribution in [2.24, 2.45) is 0 Å². The Morgan fingerprint density at radius 1 is 1.28 bits per heavy atom. The van der Waals surface area contributed by atoms with E-state index in [0.717, 1.165) is 0 Å². The molecule has 0 atom stereocenters. The predicted octanol–water partition coefficient (Wildman–Crippen LogP) is 3.28. The van der Waals surface area contributed by atoms with Crippen molar-refractivity contribution in [1.82, 2.24) is 10.2 Å². The fourth-order valence-electron chi connectivity index (χ4n) is 1.22. The first kappa shape index (κ1) is 13.7. The number of H-pyrrole nitrogens is 1. The number of aromatic amines is 1. The van der Waals surface area contributed by atoms with Crippen LogP contribution in [0.1, 0.15) is 0 Å². The maximum atomic E-state index is 11.9. The Hall–Kier alpha value is -0.760. The third-order valence-corrected chi connectivity index (χ3v) is 4.34. The van der Waals surface area contributed by atoms with Crippen LogP contribution in [0.4, 0.5) is 5.69 Å². The summed E-state index contributed by atoms with van der Waals surface area (Å²) in [4.78, 5) is 0. The fraction of sp³-hybridized carbons (Fsp3) is 0. The Kier molecular flexibility index (Phi) is 3.86. The maximum absolute atomic E-state index is 11.9. The van der Waals surface area contributed by atoms with E-state index >= 15 is 0 Å². The molecule has 0 bridgehead atoms. The highest BCUT2D eigenvalue weighted by atomic mass is 79.9. The molecular weight excluding hydrogens is 365 g/mol. The van der Waals surface area contributed by atoms with Crippen molar-refractivity contribution in [3.05, 3.63) is 38.9 Å². The Bertz CT molecular complexity index is 650. The highest BCUT2D eigenvalue weighted by Crippen LogP contribution is 2.34. The molecule has 2 N–H and O–H groups in total.